The molecule has 0 aliphatic carbocycles. The van der Waals surface area contributed by atoms with Crippen LogP contribution in [0.15, 0.2) is 106 Å². The molecule has 0 bridgehead atoms. The number of anilines is 2. The van der Waals surface area contributed by atoms with Gasteiger partial charge in [0.2, 0.25) is 5.78 Å². The Balaban J connectivity index is 0.000000223. The molecule has 8 rings (SSSR count). The lowest BCUT2D eigenvalue weighted by Gasteiger charge is -2.17. The van der Waals surface area contributed by atoms with E-state index in [0.717, 1.165) is 66.1 Å². The van der Waals surface area contributed by atoms with Crippen LogP contribution in [0, 0.1) is 17.4 Å². The van der Waals surface area contributed by atoms with E-state index in [1.54, 1.807) is 0 Å². The minimum absolute atomic E-state index is 0. The lowest BCUT2D eigenvalue weighted by Crippen LogP contribution is -2.28. The molecule has 6 heterocycles. The van der Waals surface area contributed by atoms with E-state index in [9.17, 15) is 52.8 Å². The highest BCUT2D eigenvalue weighted by atomic mass is 127. The fraction of sp³-hybridized carbons (Fsp3) is 0.182. The van der Waals surface area contributed by atoms with Crippen LogP contribution >= 0.6 is 45.8 Å². The van der Waals surface area contributed by atoms with Crippen molar-refractivity contribution in [1.82, 2.24) is 35.2 Å². The minimum Gasteiger partial charge on any atom is -0.287 e. The molecule has 1 aliphatic heterocycles. The molecule has 380 valence electrons. The van der Waals surface area contributed by atoms with Gasteiger partial charge in [-0.05, 0) is 96.1 Å². The topological polar surface area (TPSA) is 232 Å². The van der Waals surface area contributed by atoms with Gasteiger partial charge in [0.1, 0.15) is 5.69 Å². The summed E-state index contributed by atoms with van der Waals surface area (Å²) in [6, 6.07) is 10.8. The van der Waals surface area contributed by atoms with Crippen LogP contribution in [-0.2, 0) is 43.8 Å². The second-order valence-electron chi connectivity index (χ2n) is 14.7. The van der Waals surface area contributed by atoms with E-state index < -0.39 is 65.0 Å². The van der Waals surface area contributed by atoms with Gasteiger partial charge in [0.25, 0.3) is 26.0 Å². The van der Waals surface area contributed by atoms with E-state index in [1.807, 2.05) is 18.5 Å². The second-order valence-corrected chi connectivity index (χ2v) is 20.1. The summed E-state index contributed by atoms with van der Waals surface area (Å²) in [7, 11) is -6.53. The number of H-pyrrole nitrogens is 1. The first-order valence-electron chi connectivity index (χ1n) is 19.7. The molecule has 0 fully saturated rings. The number of aliphatic imine (C=N–C) groups is 1. The lowest BCUT2D eigenvalue weighted by atomic mass is 10.1. The third-order valence-electron chi connectivity index (χ3n) is 9.90. The van der Waals surface area contributed by atoms with E-state index in [4.69, 9.17) is 28.0 Å². The number of fused-ring (bicyclic) bond motifs is 2. The van der Waals surface area contributed by atoms with E-state index in [1.165, 1.54) is 55.6 Å². The lowest BCUT2D eigenvalue weighted by molar-refractivity contribution is -0.139. The molecule has 0 unspecified atom stereocenters. The zero-order valence-corrected chi connectivity index (χ0v) is 42.0. The highest BCUT2D eigenvalue weighted by molar-refractivity contribution is 14.1. The number of halogens is 9. The predicted molar refractivity (Wildman–Crippen MR) is 264 cm³/mol. The van der Waals surface area contributed by atoms with Crippen LogP contribution < -0.4 is 9.44 Å². The number of aromatic nitrogens is 6. The van der Waals surface area contributed by atoms with Crippen molar-refractivity contribution < 1.29 is 57.6 Å². The maximum absolute atomic E-state index is 13.3. The molecule has 1 aliphatic rings. The number of ketones is 1. The third kappa shape index (κ3) is 13.2. The van der Waals surface area contributed by atoms with Crippen LogP contribution in [0.25, 0.3) is 11.0 Å². The zero-order chi connectivity index (χ0) is 52.2. The van der Waals surface area contributed by atoms with Gasteiger partial charge in [0, 0.05) is 58.1 Å². The summed E-state index contributed by atoms with van der Waals surface area (Å²) in [6.07, 6.45) is -0.753. The third-order valence-corrected chi connectivity index (χ3v) is 14.0. The van der Waals surface area contributed by atoms with Gasteiger partial charge < -0.3 is 0 Å². The number of carbonyl (C=O) groups is 2. The van der Waals surface area contributed by atoms with Crippen molar-refractivity contribution in [2.45, 2.75) is 50.0 Å². The van der Waals surface area contributed by atoms with Gasteiger partial charge in [0.15, 0.2) is 11.3 Å². The zero-order valence-electron chi connectivity index (χ0n) is 36.7. The number of rotatable bonds is 10. The van der Waals surface area contributed by atoms with Crippen molar-refractivity contribution >= 4 is 106 Å². The average molecular weight is 1190 g/mol. The minimum atomic E-state index is -4.74. The smallest absolute Gasteiger partial charge is 0.287 e. The monoisotopic (exact) mass is 1190 g/mol. The van der Waals surface area contributed by atoms with Crippen LogP contribution in [0.2, 0.25) is 10.0 Å². The number of hydrogen-bond donors (Lipinski definition) is 3. The standard InChI is InChI=1S/C20H13ClF3N5O3S.C16H15ClF3N3O4S.C7H5IN2.CH4/c1-10-2-3-12(7-15(10)20(22,23)24)33(31,32)29-16-6-11(21)8-26-17(16)18(30)13-4-5-25-19-14(13)9-27-28-19;1-9-4-5-11(7-12(9)16(18,19)20)28(25,26)22-13-6-10(17)8-21-14(13)15(24)23(2)27-3;8-6-1-2-10-7-4-9-3-5(6)7;/h2-9,29H,1H3,(H,25,27,28);4-8,22H,1-3H3;1-3H,4H2;1H4. The largest absolute Gasteiger partial charge is 0.416 e. The van der Waals surface area contributed by atoms with Crippen molar-refractivity contribution in [3.63, 3.8) is 0 Å². The Morgan fingerprint density at radius 3 is 1.78 bits per heavy atom. The van der Waals surface area contributed by atoms with Gasteiger partial charge in [0.05, 0.1) is 67.9 Å². The van der Waals surface area contributed by atoms with Gasteiger partial charge in [-0.15, -0.1) is 0 Å². The highest BCUT2D eigenvalue weighted by Gasteiger charge is 2.35. The van der Waals surface area contributed by atoms with Crippen LogP contribution in [0.1, 0.15) is 67.5 Å². The second kappa shape index (κ2) is 22.6. The predicted octanol–water partition coefficient (Wildman–Crippen LogP) is 10.1. The van der Waals surface area contributed by atoms with Crippen molar-refractivity contribution in [2.24, 2.45) is 4.99 Å². The molecule has 0 radical (unpaired) electrons. The average Bonchev–Trinajstić information content (AvgIpc) is 3.99. The molecule has 2 aromatic carbocycles. The van der Waals surface area contributed by atoms with Gasteiger partial charge in [-0.25, -0.2) is 36.9 Å². The number of sulfonamides is 2. The molecule has 72 heavy (non-hydrogen) atoms. The molecule has 17 nitrogen and oxygen atoms in total. The molecule has 0 atom stereocenters. The summed E-state index contributed by atoms with van der Waals surface area (Å²) in [5, 5.41) is 7.62. The van der Waals surface area contributed by atoms with Gasteiger partial charge in [-0.1, -0.05) is 42.8 Å². The first kappa shape index (κ1) is 56.6. The summed E-state index contributed by atoms with van der Waals surface area (Å²) in [5.41, 5.74) is -0.937. The number of hydrogen-bond acceptors (Lipinski definition) is 13. The van der Waals surface area contributed by atoms with Crippen LogP contribution in [0.4, 0.5) is 37.7 Å². The summed E-state index contributed by atoms with van der Waals surface area (Å²) >= 11 is 14.1. The molecule has 5 aromatic heterocycles. The number of nitrogens with zero attached hydrogens (tertiary/aromatic N) is 7. The SMILES string of the molecule is C.CON(C)C(=O)c1ncc(Cl)cc1NS(=O)(=O)c1ccc(C)c(C(F)(F)F)c1.Cc1ccc(S(=O)(=O)Nc2cc(Cl)cnc2C(=O)c2ccnc3[nH]ncc23)cc1C(F)(F)F.Ic1ccnc2c1C=NC2. The Hall–Kier alpha value is -6.33. The maximum Gasteiger partial charge on any atom is 0.416 e. The maximum atomic E-state index is 13.3. The van der Waals surface area contributed by atoms with Crippen LogP contribution in [0.3, 0.4) is 0 Å². The molecule has 3 N–H and O–H groups in total. The van der Waals surface area contributed by atoms with Crippen molar-refractivity contribution in [3.05, 3.63) is 156 Å². The number of hydroxylamine groups is 2. The van der Waals surface area contributed by atoms with Crippen molar-refractivity contribution in [1.29, 1.82) is 0 Å². The number of benzene rings is 2. The molecular formula is C44H37Cl2F6IN10O7S2. The Bertz CT molecular complexity index is 3460. The Kier molecular flexibility index (Phi) is 17.8. The molecule has 0 saturated heterocycles. The quantitative estimate of drug-likeness (QED) is 0.0503. The Morgan fingerprint density at radius 1 is 0.750 bits per heavy atom. The summed E-state index contributed by atoms with van der Waals surface area (Å²) < 4.78 is 135. The highest BCUT2D eigenvalue weighted by Crippen LogP contribution is 2.36. The van der Waals surface area contributed by atoms with Crippen LogP contribution in [-0.4, -0.2) is 84.1 Å². The molecule has 7 aromatic rings. The van der Waals surface area contributed by atoms with E-state index in [-0.39, 0.29) is 56.9 Å². The number of nitrogens with one attached hydrogen (secondary N) is 3. The van der Waals surface area contributed by atoms with Crippen molar-refractivity contribution in [2.75, 3.05) is 23.6 Å². The summed E-state index contributed by atoms with van der Waals surface area (Å²) in [5.74, 6) is -1.46. The number of amides is 1. The molecule has 1 amide bonds. The fourth-order valence-electron chi connectivity index (χ4n) is 6.32. The Morgan fingerprint density at radius 2 is 1.26 bits per heavy atom. The summed E-state index contributed by atoms with van der Waals surface area (Å²) in [6.45, 7) is 3.19. The first-order valence-corrected chi connectivity index (χ1v) is 24.5. The van der Waals surface area contributed by atoms with E-state index in [2.05, 4.69) is 67.2 Å². The van der Waals surface area contributed by atoms with Gasteiger partial charge in [-0.2, -0.15) is 31.4 Å². The molecular weight excluding hydrogens is 1160 g/mol. The van der Waals surface area contributed by atoms with E-state index in [0.29, 0.717) is 23.2 Å². The van der Waals surface area contributed by atoms with Crippen molar-refractivity contribution in [3.8, 4) is 0 Å². The fourth-order valence-corrected chi connectivity index (χ4v) is 9.42. The first-order chi connectivity index (χ1) is 33.2. The normalized spacial score (nSPS) is 12.1. The number of pyridine rings is 4. The number of aryl methyl sites for hydroxylation is 2. The van der Waals surface area contributed by atoms with Gasteiger partial charge in [-0.3, -0.25) is 38.9 Å². The van der Waals surface area contributed by atoms with Gasteiger partial charge >= 0.3 is 12.4 Å². The molecule has 0 saturated carbocycles. The number of carbonyl (C=O) groups excluding carboxylic acids is 2. The van der Waals surface area contributed by atoms with Crippen LogP contribution in [0.5, 0.6) is 0 Å². The summed E-state index contributed by atoms with van der Waals surface area (Å²) in [4.78, 5) is 49.0. The molecule has 28 heteroatoms. The molecule has 0 spiro atoms. The number of aromatic amines is 1. The number of alkyl halides is 6. The van der Waals surface area contributed by atoms with E-state index >= 15 is 0 Å². The Labute approximate surface area is 430 Å².